The van der Waals surface area contributed by atoms with Crippen molar-refractivity contribution in [2.24, 2.45) is 0 Å². The first-order valence-corrected chi connectivity index (χ1v) is 4.96. The number of amides is 1. The Morgan fingerprint density at radius 2 is 2.23 bits per heavy atom. The Kier molecular flexibility index (Phi) is 2.51. The van der Waals surface area contributed by atoms with Gasteiger partial charge in [-0.2, -0.15) is 0 Å². The first-order valence-electron chi connectivity index (χ1n) is 4.96. The minimum Gasteiger partial charge on any atom is -0.344 e. The van der Waals surface area contributed by atoms with Gasteiger partial charge in [0, 0.05) is 45.2 Å². The molecule has 0 radical (unpaired) electrons. The van der Waals surface area contributed by atoms with E-state index in [1.165, 1.54) is 0 Å². The number of rotatable bonds is 2. The van der Waals surface area contributed by atoms with Crippen LogP contribution in [-0.2, 0) is 4.79 Å². The van der Waals surface area contributed by atoms with Gasteiger partial charge in [0.25, 0.3) is 0 Å². The van der Waals surface area contributed by atoms with Gasteiger partial charge in [0.2, 0.25) is 5.91 Å². The van der Waals surface area contributed by atoms with Crippen molar-refractivity contribution in [1.82, 2.24) is 15.5 Å². The third-order valence-corrected chi connectivity index (χ3v) is 2.88. The summed E-state index contributed by atoms with van der Waals surface area (Å²) in [5.74, 6) is 0.282. The van der Waals surface area contributed by atoms with Crippen molar-refractivity contribution in [1.29, 1.82) is 0 Å². The lowest BCUT2D eigenvalue weighted by Gasteiger charge is -2.36. The number of nitrogens with zero attached hydrogens (tertiary/aromatic N) is 1. The van der Waals surface area contributed by atoms with Crippen LogP contribution in [0.15, 0.2) is 0 Å². The highest BCUT2D eigenvalue weighted by Gasteiger charge is 2.26. The summed E-state index contributed by atoms with van der Waals surface area (Å²) >= 11 is 0. The molecule has 4 heteroatoms. The van der Waals surface area contributed by atoms with Crippen LogP contribution < -0.4 is 10.6 Å². The maximum absolute atomic E-state index is 11.2. The average molecular weight is 183 g/mol. The van der Waals surface area contributed by atoms with E-state index in [2.05, 4.69) is 10.6 Å². The van der Waals surface area contributed by atoms with Crippen LogP contribution in [0.2, 0.25) is 0 Å². The van der Waals surface area contributed by atoms with Crippen molar-refractivity contribution in [2.75, 3.05) is 26.7 Å². The zero-order chi connectivity index (χ0) is 9.26. The lowest BCUT2D eigenvalue weighted by atomic mass is 10.0. The Labute approximate surface area is 78.7 Å². The quantitative estimate of drug-likeness (QED) is 0.587. The van der Waals surface area contributed by atoms with Gasteiger partial charge in [-0.15, -0.1) is 0 Å². The third kappa shape index (κ3) is 2.00. The number of carbonyl (C=O) groups is 1. The molecule has 4 nitrogen and oxygen atoms in total. The molecule has 0 spiro atoms. The normalized spacial score (nSPS) is 30.4. The predicted octanol–water partition coefficient (Wildman–Crippen LogP) is -0.831. The van der Waals surface area contributed by atoms with Gasteiger partial charge in [-0.3, -0.25) is 4.79 Å². The summed E-state index contributed by atoms with van der Waals surface area (Å²) in [6.45, 7) is 3.03. The number of likely N-dealkylation sites (N-methyl/N-ethyl adjacent to an activating group) is 1. The summed E-state index contributed by atoms with van der Waals surface area (Å²) in [5, 5.41) is 6.78. The standard InChI is InChI=1S/C9H17N3O/c1-12-6-7(2-3-9(12)13)11-8-4-10-5-8/h7-8,10-11H,2-6H2,1H3. The molecule has 1 atom stereocenters. The van der Waals surface area contributed by atoms with Crippen molar-refractivity contribution in [3.05, 3.63) is 0 Å². The molecule has 2 heterocycles. The number of nitrogens with one attached hydrogen (secondary N) is 2. The SMILES string of the molecule is CN1CC(NC2CNC2)CCC1=O. The summed E-state index contributed by atoms with van der Waals surface area (Å²) in [5.41, 5.74) is 0. The molecule has 13 heavy (non-hydrogen) atoms. The van der Waals surface area contributed by atoms with Gasteiger partial charge in [-0.1, -0.05) is 0 Å². The van der Waals surface area contributed by atoms with E-state index in [0.717, 1.165) is 26.1 Å². The van der Waals surface area contributed by atoms with Gasteiger partial charge in [-0.05, 0) is 6.42 Å². The number of piperidine rings is 1. The Balaban J connectivity index is 1.77. The van der Waals surface area contributed by atoms with E-state index >= 15 is 0 Å². The van der Waals surface area contributed by atoms with Crippen LogP contribution in [0.5, 0.6) is 0 Å². The minimum absolute atomic E-state index is 0.282. The topological polar surface area (TPSA) is 44.4 Å². The number of likely N-dealkylation sites (tertiary alicyclic amines) is 1. The van der Waals surface area contributed by atoms with Crippen LogP contribution in [0.3, 0.4) is 0 Å². The molecule has 2 rings (SSSR count). The molecule has 0 aromatic rings. The van der Waals surface area contributed by atoms with Crippen molar-refractivity contribution >= 4 is 5.91 Å². The maximum atomic E-state index is 11.2. The molecule has 2 N–H and O–H groups in total. The van der Waals surface area contributed by atoms with Gasteiger partial charge >= 0.3 is 0 Å². The van der Waals surface area contributed by atoms with Crippen LogP contribution in [0.4, 0.5) is 0 Å². The second-order valence-corrected chi connectivity index (χ2v) is 4.03. The Hall–Kier alpha value is -0.610. The van der Waals surface area contributed by atoms with E-state index in [4.69, 9.17) is 0 Å². The van der Waals surface area contributed by atoms with E-state index in [1.807, 2.05) is 11.9 Å². The molecule has 2 aliphatic rings. The fraction of sp³-hybridized carbons (Fsp3) is 0.889. The highest BCUT2D eigenvalue weighted by atomic mass is 16.2. The van der Waals surface area contributed by atoms with Crippen molar-refractivity contribution in [3.8, 4) is 0 Å². The number of hydrogen-bond acceptors (Lipinski definition) is 3. The Morgan fingerprint density at radius 3 is 2.77 bits per heavy atom. The van der Waals surface area contributed by atoms with Gasteiger partial charge in [0.05, 0.1) is 0 Å². The molecule has 0 aliphatic carbocycles. The molecule has 2 saturated heterocycles. The van der Waals surface area contributed by atoms with Crippen LogP contribution >= 0.6 is 0 Å². The molecule has 0 bridgehead atoms. The van der Waals surface area contributed by atoms with Crippen molar-refractivity contribution in [3.63, 3.8) is 0 Å². The Morgan fingerprint density at radius 1 is 1.46 bits per heavy atom. The minimum atomic E-state index is 0.282. The fourth-order valence-electron chi connectivity index (χ4n) is 1.89. The molecular weight excluding hydrogens is 166 g/mol. The zero-order valence-corrected chi connectivity index (χ0v) is 8.05. The van der Waals surface area contributed by atoms with Gasteiger partial charge in [0.15, 0.2) is 0 Å². The molecule has 74 valence electrons. The smallest absolute Gasteiger partial charge is 0.222 e. The summed E-state index contributed by atoms with van der Waals surface area (Å²) in [6.07, 6.45) is 1.70. The maximum Gasteiger partial charge on any atom is 0.222 e. The van der Waals surface area contributed by atoms with Gasteiger partial charge in [0.1, 0.15) is 0 Å². The molecular formula is C9H17N3O. The average Bonchev–Trinajstić information content (AvgIpc) is 2.04. The van der Waals surface area contributed by atoms with E-state index in [0.29, 0.717) is 18.5 Å². The van der Waals surface area contributed by atoms with Crippen LogP contribution in [0.1, 0.15) is 12.8 Å². The summed E-state index contributed by atoms with van der Waals surface area (Å²) in [7, 11) is 1.88. The van der Waals surface area contributed by atoms with Gasteiger partial charge < -0.3 is 15.5 Å². The summed E-state index contributed by atoms with van der Waals surface area (Å²) < 4.78 is 0. The van der Waals surface area contributed by atoms with E-state index in [9.17, 15) is 4.79 Å². The fourth-order valence-corrected chi connectivity index (χ4v) is 1.89. The molecule has 1 amide bonds. The highest BCUT2D eigenvalue weighted by Crippen LogP contribution is 2.10. The van der Waals surface area contributed by atoms with Crippen molar-refractivity contribution in [2.45, 2.75) is 24.9 Å². The predicted molar refractivity (Wildman–Crippen MR) is 50.5 cm³/mol. The van der Waals surface area contributed by atoms with Crippen molar-refractivity contribution < 1.29 is 4.79 Å². The second-order valence-electron chi connectivity index (χ2n) is 4.03. The highest BCUT2D eigenvalue weighted by molar-refractivity contribution is 5.76. The van der Waals surface area contributed by atoms with E-state index < -0.39 is 0 Å². The first kappa shape index (κ1) is 8.97. The molecule has 0 aromatic carbocycles. The Bertz CT molecular complexity index is 203. The van der Waals surface area contributed by atoms with E-state index in [-0.39, 0.29) is 5.91 Å². The van der Waals surface area contributed by atoms with Crippen LogP contribution in [-0.4, -0.2) is 49.6 Å². The summed E-state index contributed by atoms with van der Waals surface area (Å²) in [6, 6.07) is 1.14. The molecule has 0 saturated carbocycles. The monoisotopic (exact) mass is 183 g/mol. The molecule has 0 aromatic heterocycles. The first-order chi connectivity index (χ1) is 6.25. The lowest BCUT2D eigenvalue weighted by Crippen LogP contribution is -2.60. The van der Waals surface area contributed by atoms with E-state index in [1.54, 1.807) is 0 Å². The van der Waals surface area contributed by atoms with Crippen LogP contribution in [0.25, 0.3) is 0 Å². The molecule has 1 unspecified atom stereocenters. The number of carbonyl (C=O) groups excluding carboxylic acids is 1. The second kappa shape index (κ2) is 3.64. The zero-order valence-electron chi connectivity index (χ0n) is 8.05. The molecule has 2 aliphatic heterocycles. The largest absolute Gasteiger partial charge is 0.344 e. The molecule has 2 fully saturated rings. The number of hydrogen-bond donors (Lipinski definition) is 2. The summed E-state index contributed by atoms with van der Waals surface area (Å²) in [4.78, 5) is 13.0. The third-order valence-electron chi connectivity index (χ3n) is 2.88. The van der Waals surface area contributed by atoms with Gasteiger partial charge in [-0.25, -0.2) is 0 Å². The lowest BCUT2D eigenvalue weighted by molar-refractivity contribution is -0.132. The van der Waals surface area contributed by atoms with Crippen LogP contribution in [0, 0.1) is 0 Å².